The second kappa shape index (κ2) is 4.43. The first-order chi connectivity index (χ1) is 9.26. The number of esters is 1. The molecule has 1 aromatic rings. The third-order valence-electron chi connectivity index (χ3n) is 3.63. The van der Waals surface area contributed by atoms with Crippen molar-refractivity contribution in [2.45, 2.75) is 12.5 Å². The third kappa shape index (κ3) is 1.70. The van der Waals surface area contributed by atoms with Crippen LogP contribution in [0.5, 0.6) is 0 Å². The van der Waals surface area contributed by atoms with Crippen LogP contribution < -0.4 is 4.90 Å². The molecule has 1 aromatic carbocycles. The molecule has 0 N–H and O–H groups in total. The maximum absolute atomic E-state index is 11.9. The summed E-state index contributed by atoms with van der Waals surface area (Å²) in [5.41, 5.74) is 3.92. The predicted molar refractivity (Wildman–Crippen MR) is 75.6 cm³/mol. The number of para-hydroxylation sites is 1. The van der Waals surface area contributed by atoms with Crippen molar-refractivity contribution < 1.29 is 9.53 Å². The van der Waals surface area contributed by atoms with Crippen LogP contribution in [0.3, 0.4) is 0 Å². The van der Waals surface area contributed by atoms with E-state index in [0.29, 0.717) is 6.42 Å². The minimum Gasteiger partial charge on any atom is -0.466 e. The van der Waals surface area contributed by atoms with E-state index in [-0.39, 0.29) is 12.0 Å². The molecule has 19 heavy (non-hydrogen) atoms. The monoisotopic (exact) mass is 253 g/mol. The van der Waals surface area contributed by atoms with E-state index in [1.807, 2.05) is 30.4 Å². The van der Waals surface area contributed by atoms with Gasteiger partial charge in [0.25, 0.3) is 0 Å². The standard InChI is InChI=1S/C16H15NO2/c1-3-12-10-13(16(18)19-2)15-9-8-11-6-4-5-7-14(11)17(12)15/h3-9,12H,1,10H2,2H3/t12-/m0/s1. The third-order valence-corrected chi connectivity index (χ3v) is 3.63. The highest BCUT2D eigenvalue weighted by Gasteiger charge is 2.35. The van der Waals surface area contributed by atoms with Crippen molar-refractivity contribution in [1.82, 2.24) is 0 Å². The number of methoxy groups -OCH3 is 1. The Morgan fingerprint density at radius 1 is 1.42 bits per heavy atom. The summed E-state index contributed by atoms with van der Waals surface area (Å²) in [4.78, 5) is 14.0. The summed E-state index contributed by atoms with van der Waals surface area (Å²) in [6, 6.07) is 8.26. The molecule has 3 heteroatoms. The van der Waals surface area contributed by atoms with E-state index in [2.05, 4.69) is 23.6 Å². The molecule has 0 bridgehead atoms. The Bertz CT molecular complexity index is 613. The minimum atomic E-state index is -0.256. The number of ether oxygens (including phenoxy) is 1. The number of anilines is 1. The first-order valence-corrected chi connectivity index (χ1v) is 6.26. The Labute approximate surface area is 112 Å². The largest absolute Gasteiger partial charge is 0.466 e. The molecular formula is C16H15NO2. The zero-order valence-corrected chi connectivity index (χ0v) is 10.8. The van der Waals surface area contributed by atoms with Gasteiger partial charge in [0.2, 0.25) is 0 Å². The number of carbonyl (C=O) groups excluding carboxylic acids is 1. The van der Waals surface area contributed by atoms with Gasteiger partial charge in [0, 0.05) is 12.1 Å². The van der Waals surface area contributed by atoms with Crippen LogP contribution in [-0.2, 0) is 9.53 Å². The predicted octanol–water partition coefficient (Wildman–Crippen LogP) is 2.91. The van der Waals surface area contributed by atoms with Gasteiger partial charge in [0.05, 0.1) is 24.4 Å². The van der Waals surface area contributed by atoms with Crippen molar-refractivity contribution in [3.8, 4) is 0 Å². The molecule has 2 heterocycles. The number of carbonyl (C=O) groups is 1. The molecule has 0 saturated heterocycles. The number of fused-ring (bicyclic) bond motifs is 3. The average molecular weight is 253 g/mol. The van der Waals surface area contributed by atoms with E-state index in [1.54, 1.807) is 0 Å². The van der Waals surface area contributed by atoms with Crippen molar-refractivity contribution in [1.29, 1.82) is 0 Å². The maximum atomic E-state index is 11.9. The number of nitrogens with zero attached hydrogens (tertiary/aromatic N) is 1. The molecule has 2 aliphatic rings. The van der Waals surface area contributed by atoms with Crippen LogP contribution in [0, 0.1) is 0 Å². The van der Waals surface area contributed by atoms with Gasteiger partial charge in [-0.15, -0.1) is 6.58 Å². The summed E-state index contributed by atoms with van der Waals surface area (Å²) < 4.78 is 4.87. The zero-order valence-electron chi connectivity index (χ0n) is 10.8. The Balaban J connectivity index is 2.15. The van der Waals surface area contributed by atoms with E-state index in [1.165, 1.54) is 7.11 Å². The van der Waals surface area contributed by atoms with Gasteiger partial charge in [-0.2, -0.15) is 0 Å². The molecular weight excluding hydrogens is 238 g/mol. The fourth-order valence-corrected chi connectivity index (χ4v) is 2.73. The number of hydrogen-bond acceptors (Lipinski definition) is 3. The molecule has 96 valence electrons. The van der Waals surface area contributed by atoms with Crippen LogP contribution >= 0.6 is 0 Å². The summed E-state index contributed by atoms with van der Waals surface area (Å²) >= 11 is 0. The molecule has 3 nitrogen and oxygen atoms in total. The van der Waals surface area contributed by atoms with Gasteiger partial charge in [0.15, 0.2) is 0 Å². The molecule has 0 aliphatic carbocycles. The van der Waals surface area contributed by atoms with Gasteiger partial charge in [0.1, 0.15) is 0 Å². The van der Waals surface area contributed by atoms with Crippen LogP contribution in [0.1, 0.15) is 12.0 Å². The maximum Gasteiger partial charge on any atom is 0.335 e. The van der Waals surface area contributed by atoms with Gasteiger partial charge >= 0.3 is 5.97 Å². The van der Waals surface area contributed by atoms with Gasteiger partial charge in [-0.25, -0.2) is 4.79 Å². The molecule has 1 atom stereocenters. The van der Waals surface area contributed by atoms with E-state index < -0.39 is 0 Å². The van der Waals surface area contributed by atoms with Crippen molar-refractivity contribution in [3.05, 3.63) is 59.8 Å². The molecule has 0 saturated carbocycles. The van der Waals surface area contributed by atoms with E-state index in [9.17, 15) is 4.79 Å². The van der Waals surface area contributed by atoms with E-state index in [4.69, 9.17) is 4.74 Å². The molecule has 0 radical (unpaired) electrons. The van der Waals surface area contributed by atoms with Gasteiger partial charge in [-0.3, -0.25) is 0 Å². The van der Waals surface area contributed by atoms with E-state index >= 15 is 0 Å². The van der Waals surface area contributed by atoms with Crippen molar-refractivity contribution in [2.24, 2.45) is 0 Å². The SMILES string of the molecule is C=C[C@H]1CC(C(=O)OC)=C2C=Cc3ccccc3N21. The summed E-state index contributed by atoms with van der Waals surface area (Å²) in [5, 5.41) is 0. The number of hydrogen-bond donors (Lipinski definition) is 0. The highest BCUT2D eigenvalue weighted by Crippen LogP contribution is 2.40. The summed E-state index contributed by atoms with van der Waals surface area (Å²) in [6.07, 6.45) is 6.55. The lowest BCUT2D eigenvalue weighted by molar-refractivity contribution is -0.136. The molecule has 0 amide bonds. The van der Waals surface area contributed by atoms with Crippen molar-refractivity contribution >= 4 is 17.7 Å². The number of allylic oxidation sites excluding steroid dienone is 1. The van der Waals surface area contributed by atoms with Crippen LogP contribution in [0.25, 0.3) is 6.08 Å². The average Bonchev–Trinajstić information content (AvgIpc) is 2.85. The molecule has 0 spiro atoms. The highest BCUT2D eigenvalue weighted by molar-refractivity contribution is 5.94. The van der Waals surface area contributed by atoms with Crippen LogP contribution in [0.4, 0.5) is 5.69 Å². The summed E-state index contributed by atoms with van der Waals surface area (Å²) in [7, 11) is 1.42. The topological polar surface area (TPSA) is 29.5 Å². The molecule has 0 unspecified atom stereocenters. The summed E-state index contributed by atoms with van der Waals surface area (Å²) in [6.45, 7) is 3.88. The molecule has 0 aromatic heterocycles. The lowest BCUT2D eigenvalue weighted by Crippen LogP contribution is -2.29. The van der Waals surface area contributed by atoms with Crippen molar-refractivity contribution in [3.63, 3.8) is 0 Å². The lowest BCUT2D eigenvalue weighted by atomic mass is 10.1. The first kappa shape index (κ1) is 11.8. The van der Waals surface area contributed by atoms with Gasteiger partial charge in [-0.05, 0) is 17.7 Å². The zero-order chi connectivity index (χ0) is 13.4. The fourth-order valence-electron chi connectivity index (χ4n) is 2.73. The Kier molecular flexibility index (Phi) is 2.75. The van der Waals surface area contributed by atoms with E-state index in [0.717, 1.165) is 22.5 Å². The second-order valence-electron chi connectivity index (χ2n) is 4.62. The number of benzene rings is 1. The first-order valence-electron chi connectivity index (χ1n) is 6.26. The molecule has 3 rings (SSSR count). The number of rotatable bonds is 2. The Hall–Kier alpha value is -2.29. The highest BCUT2D eigenvalue weighted by atomic mass is 16.5. The summed E-state index contributed by atoms with van der Waals surface area (Å²) in [5.74, 6) is -0.256. The van der Waals surface area contributed by atoms with Gasteiger partial charge < -0.3 is 9.64 Å². The minimum absolute atomic E-state index is 0.107. The smallest absolute Gasteiger partial charge is 0.335 e. The normalized spacial score (nSPS) is 20.1. The Morgan fingerprint density at radius 3 is 2.95 bits per heavy atom. The fraction of sp³-hybridized carbons (Fsp3) is 0.188. The quantitative estimate of drug-likeness (QED) is 0.599. The molecule has 2 aliphatic heterocycles. The van der Waals surface area contributed by atoms with Crippen LogP contribution in [0.15, 0.2) is 54.3 Å². The Morgan fingerprint density at radius 2 is 2.21 bits per heavy atom. The second-order valence-corrected chi connectivity index (χ2v) is 4.62. The van der Waals surface area contributed by atoms with Crippen molar-refractivity contribution in [2.75, 3.05) is 12.0 Å². The van der Waals surface area contributed by atoms with Crippen LogP contribution in [-0.4, -0.2) is 19.1 Å². The molecule has 0 fully saturated rings. The lowest BCUT2D eigenvalue weighted by Gasteiger charge is -2.30. The van der Waals surface area contributed by atoms with Gasteiger partial charge in [-0.1, -0.05) is 30.4 Å². The van der Waals surface area contributed by atoms with Crippen LogP contribution in [0.2, 0.25) is 0 Å².